The van der Waals surface area contributed by atoms with Gasteiger partial charge in [-0.2, -0.15) is 0 Å². The van der Waals surface area contributed by atoms with Crippen LogP contribution in [0.3, 0.4) is 0 Å². The monoisotopic (exact) mass is 357 g/mol. The zero-order chi connectivity index (χ0) is 15.7. The molecule has 0 aliphatic carbocycles. The van der Waals surface area contributed by atoms with E-state index in [2.05, 4.69) is 39.0 Å². The van der Waals surface area contributed by atoms with Crippen molar-refractivity contribution in [1.29, 1.82) is 0 Å². The van der Waals surface area contributed by atoms with E-state index in [1.54, 1.807) is 0 Å². The number of halogens is 1. The highest BCUT2D eigenvalue weighted by Gasteiger charge is 2.09. The Labute approximate surface area is 135 Å². The van der Waals surface area contributed by atoms with Gasteiger partial charge < -0.3 is 14.8 Å². The molecule has 1 rings (SSSR count). The SMILES string of the molecule is CCCNCc1cc(Br)cc(C)c1OCCCC(=O)OC. The number of benzene rings is 1. The van der Waals surface area contributed by atoms with Crippen molar-refractivity contribution in [2.45, 2.75) is 39.7 Å². The zero-order valence-corrected chi connectivity index (χ0v) is 14.6. The molecule has 1 aromatic rings. The van der Waals surface area contributed by atoms with E-state index >= 15 is 0 Å². The number of aryl methyl sites for hydroxylation is 1. The summed E-state index contributed by atoms with van der Waals surface area (Å²) < 4.78 is 11.6. The van der Waals surface area contributed by atoms with Crippen molar-refractivity contribution in [2.24, 2.45) is 0 Å². The van der Waals surface area contributed by atoms with Gasteiger partial charge in [0.05, 0.1) is 13.7 Å². The predicted molar refractivity (Wildman–Crippen MR) is 87.6 cm³/mol. The molecule has 1 N–H and O–H groups in total. The fourth-order valence-corrected chi connectivity index (χ4v) is 2.65. The van der Waals surface area contributed by atoms with Crippen LogP contribution in [-0.4, -0.2) is 26.2 Å². The molecule has 1 aromatic carbocycles. The van der Waals surface area contributed by atoms with Gasteiger partial charge in [0.15, 0.2) is 0 Å². The van der Waals surface area contributed by atoms with Crippen LogP contribution in [0.2, 0.25) is 0 Å². The number of ether oxygens (including phenoxy) is 2. The first-order chi connectivity index (χ1) is 10.1. The topological polar surface area (TPSA) is 47.6 Å². The molecule has 0 amide bonds. The van der Waals surface area contributed by atoms with Crippen LogP contribution in [-0.2, 0) is 16.1 Å². The van der Waals surface area contributed by atoms with Crippen LogP contribution >= 0.6 is 15.9 Å². The van der Waals surface area contributed by atoms with E-state index in [0.29, 0.717) is 19.4 Å². The van der Waals surface area contributed by atoms with E-state index in [4.69, 9.17) is 4.74 Å². The van der Waals surface area contributed by atoms with Crippen LogP contribution in [0.4, 0.5) is 0 Å². The molecule has 0 spiro atoms. The minimum absolute atomic E-state index is 0.198. The van der Waals surface area contributed by atoms with Gasteiger partial charge in [0, 0.05) is 23.0 Å². The van der Waals surface area contributed by atoms with Gasteiger partial charge in [0.25, 0.3) is 0 Å². The number of rotatable bonds is 9. The van der Waals surface area contributed by atoms with Gasteiger partial charge in [0.1, 0.15) is 5.75 Å². The summed E-state index contributed by atoms with van der Waals surface area (Å²) in [7, 11) is 1.40. The van der Waals surface area contributed by atoms with Crippen LogP contribution in [0.25, 0.3) is 0 Å². The Kier molecular flexibility index (Phi) is 8.38. The largest absolute Gasteiger partial charge is 0.493 e. The standard InChI is InChI=1S/C16H24BrNO3/c1-4-7-18-11-13-10-14(17)9-12(2)16(13)21-8-5-6-15(19)20-3/h9-10,18H,4-8,11H2,1-3H3. The molecule has 0 bridgehead atoms. The van der Waals surface area contributed by atoms with E-state index in [1.165, 1.54) is 7.11 Å². The lowest BCUT2D eigenvalue weighted by atomic mass is 10.1. The number of esters is 1. The van der Waals surface area contributed by atoms with E-state index in [-0.39, 0.29) is 5.97 Å². The van der Waals surface area contributed by atoms with Crippen LogP contribution in [0.5, 0.6) is 5.75 Å². The lowest BCUT2D eigenvalue weighted by Gasteiger charge is -2.15. The molecule has 0 atom stereocenters. The maximum atomic E-state index is 11.1. The number of carbonyl (C=O) groups excluding carboxylic acids is 1. The average molecular weight is 358 g/mol. The summed E-state index contributed by atoms with van der Waals surface area (Å²) >= 11 is 3.52. The highest BCUT2D eigenvalue weighted by Crippen LogP contribution is 2.28. The molecule has 0 heterocycles. The molecule has 21 heavy (non-hydrogen) atoms. The molecular weight excluding hydrogens is 334 g/mol. The first kappa shape index (κ1) is 18.0. The third kappa shape index (κ3) is 6.48. The molecule has 0 aliphatic rings. The molecule has 0 aliphatic heterocycles. The summed E-state index contributed by atoms with van der Waals surface area (Å²) in [6.07, 6.45) is 2.14. The van der Waals surface area contributed by atoms with Crippen LogP contribution in [0.1, 0.15) is 37.3 Å². The van der Waals surface area contributed by atoms with Crippen LogP contribution in [0.15, 0.2) is 16.6 Å². The molecule has 5 heteroatoms. The van der Waals surface area contributed by atoms with Crippen LogP contribution in [0, 0.1) is 6.92 Å². The summed E-state index contributed by atoms with van der Waals surface area (Å²) in [5.41, 5.74) is 2.23. The molecule has 0 fully saturated rings. The third-order valence-electron chi connectivity index (χ3n) is 3.06. The Balaban J connectivity index is 2.63. The lowest BCUT2D eigenvalue weighted by molar-refractivity contribution is -0.140. The number of hydrogen-bond donors (Lipinski definition) is 1. The smallest absolute Gasteiger partial charge is 0.305 e. The number of hydrogen-bond acceptors (Lipinski definition) is 4. The summed E-state index contributed by atoms with van der Waals surface area (Å²) in [4.78, 5) is 11.1. The maximum Gasteiger partial charge on any atom is 0.305 e. The van der Waals surface area contributed by atoms with Gasteiger partial charge in [-0.3, -0.25) is 4.79 Å². The molecular formula is C16H24BrNO3. The molecule has 0 unspecified atom stereocenters. The Morgan fingerprint density at radius 2 is 2.14 bits per heavy atom. The molecule has 0 aromatic heterocycles. The first-order valence-corrected chi connectivity index (χ1v) is 8.07. The fraction of sp³-hybridized carbons (Fsp3) is 0.562. The van der Waals surface area contributed by atoms with E-state index in [1.807, 2.05) is 13.0 Å². The van der Waals surface area contributed by atoms with Gasteiger partial charge in [-0.05, 0) is 44.0 Å². The van der Waals surface area contributed by atoms with Gasteiger partial charge in [-0.1, -0.05) is 22.9 Å². The highest BCUT2D eigenvalue weighted by molar-refractivity contribution is 9.10. The molecule has 0 saturated heterocycles. The third-order valence-corrected chi connectivity index (χ3v) is 3.52. The van der Waals surface area contributed by atoms with E-state index in [9.17, 15) is 4.79 Å². The normalized spacial score (nSPS) is 10.5. The second kappa shape index (κ2) is 9.79. The van der Waals surface area contributed by atoms with Crippen molar-refractivity contribution < 1.29 is 14.3 Å². The summed E-state index contributed by atoms with van der Waals surface area (Å²) in [6.45, 7) is 6.44. The van der Waals surface area contributed by atoms with E-state index in [0.717, 1.165) is 40.9 Å². The van der Waals surface area contributed by atoms with Gasteiger partial charge in [0.2, 0.25) is 0 Å². The Morgan fingerprint density at radius 3 is 2.81 bits per heavy atom. The number of nitrogens with one attached hydrogen (secondary N) is 1. The number of methoxy groups -OCH3 is 1. The second-order valence-electron chi connectivity index (χ2n) is 4.92. The summed E-state index contributed by atoms with van der Waals surface area (Å²) in [5, 5.41) is 3.39. The lowest BCUT2D eigenvalue weighted by Crippen LogP contribution is -2.15. The summed E-state index contributed by atoms with van der Waals surface area (Å²) in [6, 6.07) is 4.12. The predicted octanol–water partition coefficient (Wildman–Crippen LogP) is 3.59. The van der Waals surface area contributed by atoms with E-state index < -0.39 is 0 Å². The van der Waals surface area contributed by atoms with Crippen molar-refractivity contribution in [3.8, 4) is 5.75 Å². The highest BCUT2D eigenvalue weighted by atomic mass is 79.9. The Morgan fingerprint density at radius 1 is 1.38 bits per heavy atom. The van der Waals surface area contributed by atoms with Gasteiger partial charge in [-0.25, -0.2) is 0 Å². The second-order valence-corrected chi connectivity index (χ2v) is 5.83. The maximum absolute atomic E-state index is 11.1. The molecule has 118 valence electrons. The minimum Gasteiger partial charge on any atom is -0.493 e. The Hall–Kier alpha value is -1.07. The molecule has 0 radical (unpaired) electrons. The quantitative estimate of drug-likeness (QED) is 0.541. The number of carbonyl (C=O) groups is 1. The van der Waals surface area contributed by atoms with Gasteiger partial charge >= 0.3 is 5.97 Å². The van der Waals surface area contributed by atoms with Crippen molar-refractivity contribution in [3.05, 3.63) is 27.7 Å². The van der Waals surface area contributed by atoms with Crippen molar-refractivity contribution >= 4 is 21.9 Å². The Bertz CT molecular complexity index is 463. The first-order valence-electron chi connectivity index (χ1n) is 7.27. The van der Waals surface area contributed by atoms with Gasteiger partial charge in [-0.15, -0.1) is 0 Å². The molecule has 4 nitrogen and oxygen atoms in total. The van der Waals surface area contributed by atoms with Crippen molar-refractivity contribution in [1.82, 2.24) is 5.32 Å². The molecule has 0 saturated carbocycles. The fourth-order valence-electron chi connectivity index (χ4n) is 2.03. The minimum atomic E-state index is -0.198. The average Bonchev–Trinajstić information content (AvgIpc) is 2.45. The van der Waals surface area contributed by atoms with Crippen LogP contribution < -0.4 is 10.1 Å². The van der Waals surface area contributed by atoms with Crippen molar-refractivity contribution in [2.75, 3.05) is 20.3 Å². The zero-order valence-electron chi connectivity index (χ0n) is 13.0. The van der Waals surface area contributed by atoms with Crippen molar-refractivity contribution in [3.63, 3.8) is 0 Å². The summed E-state index contributed by atoms with van der Waals surface area (Å²) in [5.74, 6) is 0.711.